The van der Waals surface area contributed by atoms with Crippen LogP contribution in [0, 0.1) is 17.5 Å². The highest BCUT2D eigenvalue weighted by Crippen LogP contribution is 2.18. The minimum atomic E-state index is -1.47. The summed E-state index contributed by atoms with van der Waals surface area (Å²) in [5, 5.41) is 3.87. The molecule has 0 aliphatic carbocycles. The average molecular weight is 261 g/mol. The zero-order chi connectivity index (χ0) is 13.7. The van der Waals surface area contributed by atoms with Crippen molar-refractivity contribution >= 4 is 17.5 Å². The SMILES string of the molecule is NCCNC(=O)C(=O)Nc1cc(F)cc(F)c1F. The summed E-state index contributed by atoms with van der Waals surface area (Å²) in [4.78, 5) is 22.3. The molecule has 1 aromatic carbocycles. The second-order valence-electron chi connectivity index (χ2n) is 3.25. The van der Waals surface area contributed by atoms with Crippen molar-refractivity contribution in [1.29, 1.82) is 0 Å². The third kappa shape index (κ3) is 3.45. The topological polar surface area (TPSA) is 84.2 Å². The second-order valence-corrected chi connectivity index (χ2v) is 3.25. The summed E-state index contributed by atoms with van der Waals surface area (Å²) in [7, 11) is 0. The molecule has 0 saturated heterocycles. The first kappa shape index (κ1) is 14.0. The maximum Gasteiger partial charge on any atom is 0.313 e. The lowest BCUT2D eigenvalue weighted by atomic mass is 10.2. The van der Waals surface area contributed by atoms with Gasteiger partial charge in [-0.1, -0.05) is 0 Å². The van der Waals surface area contributed by atoms with Gasteiger partial charge in [-0.3, -0.25) is 9.59 Å². The summed E-state index contributed by atoms with van der Waals surface area (Å²) < 4.78 is 38.7. The number of hydrogen-bond donors (Lipinski definition) is 3. The zero-order valence-corrected chi connectivity index (χ0v) is 9.10. The van der Waals surface area contributed by atoms with Gasteiger partial charge in [0.05, 0.1) is 5.69 Å². The van der Waals surface area contributed by atoms with Gasteiger partial charge in [-0.05, 0) is 0 Å². The molecule has 0 heterocycles. The number of anilines is 1. The van der Waals surface area contributed by atoms with E-state index in [1.165, 1.54) is 0 Å². The van der Waals surface area contributed by atoms with Crippen molar-refractivity contribution in [3.63, 3.8) is 0 Å². The van der Waals surface area contributed by atoms with Gasteiger partial charge in [-0.15, -0.1) is 0 Å². The lowest BCUT2D eigenvalue weighted by Crippen LogP contribution is -2.38. The van der Waals surface area contributed by atoms with Gasteiger partial charge in [0.2, 0.25) is 0 Å². The number of nitrogens with one attached hydrogen (secondary N) is 2. The summed E-state index contributed by atoms with van der Waals surface area (Å²) in [6, 6.07) is 0.881. The lowest BCUT2D eigenvalue weighted by Gasteiger charge is -2.07. The van der Waals surface area contributed by atoms with Crippen molar-refractivity contribution in [2.75, 3.05) is 18.4 Å². The van der Waals surface area contributed by atoms with Crippen molar-refractivity contribution < 1.29 is 22.8 Å². The number of rotatable bonds is 3. The van der Waals surface area contributed by atoms with Gasteiger partial charge >= 0.3 is 11.8 Å². The number of benzene rings is 1. The average Bonchev–Trinajstić information content (AvgIpc) is 2.32. The molecule has 98 valence electrons. The highest BCUT2D eigenvalue weighted by Gasteiger charge is 2.17. The van der Waals surface area contributed by atoms with Crippen LogP contribution < -0.4 is 16.4 Å². The van der Waals surface area contributed by atoms with E-state index in [0.717, 1.165) is 0 Å². The van der Waals surface area contributed by atoms with Gasteiger partial charge in [-0.2, -0.15) is 0 Å². The van der Waals surface area contributed by atoms with E-state index in [4.69, 9.17) is 5.73 Å². The van der Waals surface area contributed by atoms with Gasteiger partial charge in [0.1, 0.15) is 5.82 Å². The Kier molecular flexibility index (Phi) is 4.67. The van der Waals surface area contributed by atoms with Crippen LogP contribution in [0.3, 0.4) is 0 Å². The third-order valence-corrected chi connectivity index (χ3v) is 1.88. The van der Waals surface area contributed by atoms with E-state index in [2.05, 4.69) is 5.32 Å². The molecule has 4 N–H and O–H groups in total. The van der Waals surface area contributed by atoms with Crippen LogP contribution >= 0.6 is 0 Å². The predicted octanol–water partition coefficient (Wildman–Crippen LogP) is 0.117. The molecule has 0 fully saturated rings. The quantitative estimate of drug-likeness (QED) is 0.533. The van der Waals surface area contributed by atoms with Crippen LogP contribution in [0.1, 0.15) is 0 Å². The number of amides is 2. The molecule has 0 bridgehead atoms. The third-order valence-electron chi connectivity index (χ3n) is 1.88. The minimum Gasteiger partial charge on any atom is -0.347 e. The van der Waals surface area contributed by atoms with E-state index in [9.17, 15) is 22.8 Å². The van der Waals surface area contributed by atoms with Crippen LogP contribution in [0.15, 0.2) is 12.1 Å². The molecule has 0 unspecified atom stereocenters. The summed E-state index contributed by atoms with van der Waals surface area (Å²) in [5.74, 6) is -6.31. The highest BCUT2D eigenvalue weighted by molar-refractivity contribution is 6.39. The molecule has 0 atom stereocenters. The largest absolute Gasteiger partial charge is 0.347 e. The standard InChI is InChI=1S/C10H10F3N3O2/c11-5-3-6(12)8(13)7(4-5)16-10(18)9(17)15-2-1-14/h3-4H,1-2,14H2,(H,15,17)(H,16,18). The fourth-order valence-corrected chi connectivity index (χ4v) is 1.09. The molecule has 8 heteroatoms. The van der Waals surface area contributed by atoms with Crippen molar-refractivity contribution in [3.8, 4) is 0 Å². The molecule has 1 rings (SSSR count). The number of carbonyl (C=O) groups is 2. The molecule has 0 aliphatic rings. The van der Waals surface area contributed by atoms with E-state index in [0.29, 0.717) is 12.1 Å². The Morgan fingerprint density at radius 2 is 1.83 bits per heavy atom. The molecule has 0 aromatic heterocycles. The number of carbonyl (C=O) groups excluding carboxylic acids is 2. The molecule has 0 aliphatic heterocycles. The van der Waals surface area contributed by atoms with E-state index in [1.807, 2.05) is 0 Å². The van der Waals surface area contributed by atoms with Crippen molar-refractivity contribution in [1.82, 2.24) is 5.32 Å². The van der Waals surface area contributed by atoms with Crippen LogP contribution in [-0.4, -0.2) is 24.9 Å². The van der Waals surface area contributed by atoms with Gasteiger partial charge in [0.25, 0.3) is 0 Å². The van der Waals surface area contributed by atoms with Gasteiger partial charge < -0.3 is 16.4 Å². The first-order chi connectivity index (χ1) is 8.45. The Morgan fingerprint density at radius 3 is 2.44 bits per heavy atom. The summed E-state index contributed by atoms with van der Waals surface area (Å²) in [6.45, 7) is 0.161. The molecule has 0 radical (unpaired) electrons. The number of hydrogen-bond acceptors (Lipinski definition) is 3. The molecule has 18 heavy (non-hydrogen) atoms. The summed E-state index contributed by atoms with van der Waals surface area (Å²) in [6.07, 6.45) is 0. The first-order valence-corrected chi connectivity index (χ1v) is 4.89. The molecule has 5 nitrogen and oxygen atoms in total. The maximum absolute atomic E-state index is 13.1. The summed E-state index contributed by atoms with van der Waals surface area (Å²) >= 11 is 0. The number of nitrogens with two attached hydrogens (primary N) is 1. The van der Waals surface area contributed by atoms with Crippen LogP contribution in [0.2, 0.25) is 0 Å². The molecular weight excluding hydrogens is 251 g/mol. The number of halogens is 3. The van der Waals surface area contributed by atoms with E-state index in [-0.39, 0.29) is 13.1 Å². The van der Waals surface area contributed by atoms with Gasteiger partial charge in [0.15, 0.2) is 11.6 Å². The highest BCUT2D eigenvalue weighted by atomic mass is 19.2. The van der Waals surface area contributed by atoms with Crippen LogP contribution in [0.4, 0.5) is 18.9 Å². The van der Waals surface area contributed by atoms with Gasteiger partial charge in [-0.25, -0.2) is 13.2 Å². The van der Waals surface area contributed by atoms with Crippen molar-refractivity contribution in [2.24, 2.45) is 5.73 Å². The molecule has 2 amide bonds. The Hall–Kier alpha value is -2.09. The Labute approximate surface area is 100 Å². The van der Waals surface area contributed by atoms with Gasteiger partial charge in [0, 0.05) is 25.2 Å². The molecular formula is C10H10F3N3O2. The van der Waals surface area contributed by atoms with E-state index in [1.54, 1.807) is 5.32 Å². The second kappa shape index (κ2) is 6.01. The molecule has 1 aromatic rings. The van der Waals surface area contributed by atoms with Crippen LogP contribution in [0.5, 0.6) is 0 Å². The first-order valence-electron chi connectivity index (χ1n) is 4.89. The van der Waals surface area contributed by atoms with Crippen molar-refractivity contribution in [3.05, 3.63) is 29.6 Å². The normalized spacial score (nSPS) is 10.0. The molecule has 0 saturated carbocycles. The van der Waals surface area contributed by atoms with E-state index < -0.39 is 35.0 Å². The minimum absolute atomic E-state index is 0.0479. The van der Waals surface area contributed by atoms with Crippen LogP contribution in [0.25, 0.3) is 0 Å². The fraction of sp³-hybridized carbons (Fsp3) is 0.200. The Balaban J connectivity index is 2.79. The Bertz CT molecular complexity index is 480. The van der Waals surface area contributed by atoms with E-state index >= 15 is 0 Å². The zero-order valence-electron chi connectivity index (χ0n) is 9.10. The smallest absolute Gasteiger partial charge is 0.313 e. The van der Waals surface area contributed by atoms with Crippen molar-refractivity contribution in [2.45, 2.75) is 0 Å². The Morgan fingerprint density at radius 1 is 1.17 bits per heavy atom. The monoisotopic (exact) mass is 261 g/mol. The predicted molar refractivity (Wildman–Crippen MR) is 57.0 cm³/mol. The lowest BCUT2D eigenvalue weighted by molar-refractivity contribution is -0.136. The van der Waals surface area contributed by atoms with Crippen LogP contribution in [-0.2, 0) is 9.59 Å². The summed E-state index contributed by atoms with van der Waals surface area (Å²) in [5.41, 5.74) is 4.34. The fourth-order valence-electron chi connectivity index (χ4n) is 1.09. The maximum atomic E-state index is 13.1. The molecule has 0 spiro atoms.